The van der Waals surface area contributed by atoms with Gasteiger partial charge in [-0.05, 0) is 5.56 Å². The largest absolute Gasteiger partial charge is 0.368 e. The van der Waals surface area contributed by atoms with Crippen molar-refractivity contribution in [1.82, 2.24) is 5.32 Å². The molecule has 1 rings (SSSR count). The summed E-state index contributed by atoms with van der Waals surface area (Å²) in [6.07, 6.45) is 4.37. The van der Waals surface area contributed by atoms with Gasteiger partial charge in [-0.25, -0.2) is 0 Å². The van der Waals surface area contributed by atoms with Crippen molar-refractivity contribution in [2.75, 3.05) is 7.11 Å². The van der Waals surface area contributed by atoms with Gasteiger partial charge in [0.25, 0.3) is 5.91 Å². The molecule has 5 nitrogen and oxygen atoms in total. The number of ether oxygens (including phenoxy) is 1. The van der Waals surface area contributed by atoms with Crippen molar-refractivity contribution in [2.45, 2.75) is 18.6 Å². The maximum atomic E-state index is 12.1. The highest BCUT2D eigenvalue weighted by Crippen LogP contribution is 2.16. The monoisotopic (exact) mass is 260 g/mol. The zero-order chi connectivity index (χ0) is 14.3. The van der Waals surface area contributed by atoms with Crippen molar-refractivity contribution in [3.63, 3.8) is 0 Å². The van der Waals surface area contributed by atoms with E-state index >= 15 is 0 Å². The molecule has 0 unspecified atom stereocenters. The Morgan fingerprint density at radius 1 is 1.42 bits per heavy atom. The minimum Gasteiger partial charge on any atom is -0.368 e. The molecule has 0 saturated heterocycles. The number of primary amides is 1. The average Bonchev–Trinajstić information content (AvgIpc) is 2.40. The molecule has 2 amide bonds. The number of nitrogens with two attached hydrogens (primary N) is 1. The van der Waals surface area contributed by atoms with E-state index in [-0.39, 0.29) is 6.42 Å². The van der Waals surface area contributed by atoms with Crippen LogP contribution in [0.5, 0.6) is 0 Å². The summed E-state index contributed by atoms with van der Waals surface area (Å²) in [5.74, 6) is 1.17. The van der Waals surface area contributed by atoms with E-state index in [1.54, 1.807) is 24.3 Å². The quantitative estimate of drug-likeness (QED) is 0.725. The van der Waals surface area contributed by atoms with E-state index in [4.69, 9.17) is 16.9 Å². The van der Waals surface area contributed by atoms with E-state index in [2.05, 4.69) is 11.2 Å². The molecule has 3 N–H and O–H groups in total. The number of carbonyl (C=O) groups excluding carboxylic acids is 2. The highest BCUT2D eigenvalue weighted by Gasteiger charge is 2.24. The summed E-state index contributed by atoms with van der Waals surface area (Å²) in [6, 6.07) is 8.04. The first-order chi connectivity index (χ1) is 9.10. The lowest BCUT2D eigenvalue weighted by molar-refractivity contribution is -0.134. The van der Waals surface area contributed by atoms with Gasteiger partial charge in [-0.3, -0.25) is 9.59 Å². The molecule has 19 heavy (non-hydrogen) atoms. The summed E-state index contributed by atoms with van der Waals surface area (Å²) in [5.41, 5.74) is 5.85. The van der Waals surface area contributed by atoms with Crippen LogP contribution < -0.4 is 11.1 Å². The average molecular weight is 260 g/mol. The molecule has 0 fully saturated rings. The highest BCUT2D eigenvalue weighted by atomic mass is 16.5. The van der Waals surface area contributed by atoms with Gasteiger partial charge in [0.05, 0.1) is 0 Å². The first-order valence-corrected chi connectivity index (χ1v) is 5.71. The fourth-order valence-electron chi connectivity index (χ4n) is 1.61. The van der Waals surface area contributed by atoms with Crippen molar-refractivity contribution < 1.29 is 14.3 Å². The Bertz CT molecular complexity index is 479. The van der Waals surface area contributed by atoms with Crippen molar-refractivity contribution in [3.8, 4) is 12.3 Å². The van der Waals surface area contributed by atoms with Crippen molar-refractivity contribution in [2.24, 2.45) is 5.73 Å². The maximum Gasteiger partial charge on any atom is 0.254 e. The molecule has 1 aromatic rings. The van der Waals surface area contributed by atoms with E-state index in [9.17, 15) is 9.59 Å². The molecule has 0 aliphatic rings. The second-order valence-electron chi connectivity index (χ2n) is 3.90. The van der Waals surface area contributed by atoms with E-state index in [0.717, 1.165) is 0 Å². The molecule has 5 heteroatoms. The third-order valence-corrected chi connectivity index (χ3v) is 2.56. The van der Waals surface area contributed by atoms with Gasteiger partial charge in [0.15, 0.2) is 6.10 Å². The molecule has 0 heterocycles. The Morgan fingerprint density at radius 2 is 2.05 bits per heavy atom. The van der Waals surface area contributed by atoms with Gasteiger partial charge in [-0.15, -0.1) is 12.3 Å². The van der Waals surface area contributed by atoms with Crippen molar-refractivity contribution in [3.05, 3.63) is 35.9 Å². The fourth-order valence-corrected chi connectivity index (χ4v) is 1.61. The number of rotatable bonds is 6. The van der Waals surface area contributed by atoms with Gasteiger partial charge in [0.2, 0.25) is 5.91 Å². The second kappa shape index (κ2) is 7.19. The molecule has 100 valence electrons. The first kappa shape index (κ1) is 14.7. The van der Waals surface area contributed by atoms with Crippen LogP contribution in [0.3, 0.4) is 0 Å². The summed E-state index contributed by atoms with van der Waals surface area (Å²) >= 11 is 0. The number of hydrogen-bond acceptors (Lipinski definition) is 3. The van der Waals surface area contributed by atoms with E-state index in [1.165, 1.54) is 7.11 Å². The Morgan fingerprint density at radius 3 is 2.53 bits per heavy atom. The molecule has 0 aromatic heterocycles. The lowest BCUT2D eigenvalue weighted by Gasteiger charge is -2.19. The van der Waals surface area contributed by atoms with Crippen molar-refractivity contribution in [1.29, 1.82) is 0 Å². The summed E-state index contributed by atoms with van der Waals surface area (Å²) in [4.78, 5) is 23.2. The molecule has 0 aliphatic heterocycles. The van der Waals surface area contributed by atoms with Gasteiger partial charge in [-0.2, -0.15) is 0 Å². The Hall–Kier alpha value is -2.32. The topological polar surface area (TPSA) is 81.4 Å². The van der Waals surface area contributed by atoms with Gasteiger partial charge >= 0.3 is 0 Å². The normalized spacial score (nSPS) is 13.1. The van der Waals surface area contributed by atoms with Gasteiger partial charge < -0.3 is 15.8 Å². The summed E-state index contributed by atoms with van der Waals surface area (Å²) < 4.78 is 5.14. The van der Waals surface area contributed by atoms with Crippen LogP contribution in [0.1, 0.15) is 18.1 Å². The molecule has 0 saturated carbocycles. The van der Waals surface area contributed by atoms with Gasteiger partial charge in [0.1, 0.15) is 6.04 Å². The molecule has 2 atom stereocenters. The summed E-state index contributed by atoms with van der Waals surface area (Å²) in [5, 5.41) is 2.49. The molecule has 0 spiro atoms. The number of benzene rings is 1. The van der Waals surface area contributed by atoms with Crippen LogP contribution in [-0.4, -0.2) is 25.0 Å². The fraction of sp³-hybridized carbons (Fsp3) is 0.286. The van der Waals surface area contributed by atoms with Gasteiger partial charge in [-0.1, -0.05) is 30.3 Å². The van der Waals surface area contributed by atoms with E-state index < -0.39 is 24.0 Å². The van der Waals surface area contributed by atoms with Crippen LogP contribution in [0.2, 0.25) is 0 Å². The van der Waals surface area contributed by atoms with Crippen LogP contribution >= 0.6 is 0 Å². The lowest BCUT2D eigenvalue weighted by Crippen LogP contribution is -2.46. The highest BCUT2D eigenvalue weighted by molar-refractivity contribution is 5.89. The molecule has 0 radical (unpaired) electrons. The molecule has 0 bridgehead atoms. The van der Waals surface area contributed by atoms with E-state index in [0.29, 0.717) is 5.56 Å². The molecule has 0 aliphatic carbocycles. The second-order valence-corrected chi connectivity index (χ2v) is 3.90. The number of nitrogens with one attached hydrogen (secondary N) is 1. The van der Waals surface area contributed by atoms with Crippen molar-refractivity contribution >= 4 is 11.8 Å². The van der Waals surface area contributed by atoms with Crippen LogP contribution in [-0.2, 0) is 14.3 Å². The number of amides is 2. The predicted molar refractivity (Wildman–Crippen MR) is 70.8 cm³/mol. The van der Waals surface area contributed by atoms with E-state index in [1.807, 2.05) is 6.07 Å². The minimum absolute atomic E-state index is 0.0479. The predicted octanol–water partition coefficient (Wildman–Crippen LogP) is 0.367. The third kappa shape index (κ3) is 4.12. The van der Waals surface area contributed by atoms with Crippen LogP contribution in [0.15, 0.2) is 30.3 Å². The van der Waals surface area contributed by atoms with Crippen LogP contribution in [0.25, 0.3) is 0 Å². The van der Waals surface area contributed by atoms with Gasteiger partial charge in [0, 0.05) is 13.5 Å². The number of terminal acetylenes is 1. The third-order valence-electron chi connectivity index (χ3n) is 2.56. The number of carbonyl (C=O) groups is 2. The number of methoxy groups -OCH3 is 1. The molecular formula is C14H16N2O3. The van der Waals surface area contributed by atoms with Crippen LogP contribution in [0.4, 0.5) is 0 Å². The minimum atomic E-state index is -0.890. The smallest absolute Gasteiger partial charge is 0.254 e. The zero-order valence-electron chi connectivity index (χ0n) is 10.6. The Kier molecular flexibility index (Phi) is 5.58. The zero-order valence-corrected chi connectivity index (χ0v) is 10.6. The van der Waals surface area contributed by atoms with Crippen LogP contribution in [0, 0.1) is 12.3 Å². The molecular weight excluding hydrogens is 244 g/mol. The first-order valence-electron chi connectivity index (χ1n) is 5.71. The maximum absolute atomic E-state index is 12.1. The standard InChI is InChI=1S/C14H16N2O3/c1-3-7-11(13(15)17)16-14(18)12(19-2)10-8-5-4-6-9-10/h1,4-6,8-9,11-12H,7H2,2H3,(H2,15,17)(H,16,18)/t11-,12+/m1/s1. The lowest BCUT2D eigenvalue weighted by atomic mass is 10.1. The SMILES string of the molecule is C#CC[C@@H](NC(=O)[C@@H](OC)c1ccccc1)C(N)=O. The number of hydrogen-bond donors (Lipinski definition) is 2. The Labute approximate surface area is 112 Å². The summed E-state index contributed by atoms with van der Waals surface area (Å²) in [7, 11) is 1.41. The summed E-state index contributed by atoms with van der Waals surface area (Å²) in [6.45, 7) is 0. The Balaban J connectivity index is 2.80. The molecule has 1 aromatic carbocycles.